The molecule has 0 aromatic carbocycles. The molecule has 9 heteroatoms. The summed E-state index contributed by atoms with van der Waals surface area (Å²) >= 11 is 0. The second-order valence-corrected chi connectivity index (χ2v) is 8.56. The molecule has 8 nitrogen and oxygen atoms in total. The standard InChI is InChI=1S/C15H28N6O2S/c1-4-19(5-2)24(22,23)20-8-6-13(7-9-20)15-17-16-14-12-18(3)10-11-21(14)15/h13H,4-12H2,1-3H3. The van der Waals surface area contributed by atoms with Crippen LogP contribution >= 0.6 is 0 Å². The Hall–Kier alpha value is -1.03. The van der Waals surface area contributed by atoms with Crippen LogP contribution in [0.4, 0.5) is 0 Å². The van der Waals surface area contributed by atoms with Crippen molar-refractivity contribution in [3.8, 4) is 0 Å². The highest BCUT2D eigenvalue weighted by Gasteiger charge is 2.34. The molecule has 0 spiro atoms. The molecule has 3 heterocycles. The van der Waals surface area contributed by atoms with Crippen LogP contribution in [-0.4, -0.2) is 76.5 Å². The molecule has 0 N–H and O–H groups in total. The third-order valence-electron chi connectivity index (χ3n) is 5.15. The summed E-state index contributed by atoms with van der Waals surface area (Å²) in [7, 11) is -1.23. The lowest BCUT2D eigenvalue weighted by Gasteiger charge is -2.34. The van der Waals surface area contributed by atoms with Gasteiger partial charge < -0.3 is 4.57 Å². The normalized spacial score (nSPS) is 21.3. The summed E-state index contributed by atoms with van der Waals surface area (Å²) in [6.45, 7) is 8.69. The summed E-state index contributed by atoms with van der Waals surface area (Å²) in [5.74, 6) is 2.37. The number of fused-ring (bicyclic) bond motifs is 1. The maximum Gasteiger partial charge on any atom is 0.281 e. The number of rotatable bonds is 5. The Balaban J connectivity index is 1.68. The van der Waals surface area contributed by atoms with Gasteiger partial charge in [0.1, 0.15) is 11.6 Å². The molecular weight excluding hydrogens is 328 g/mol. The zero-order valence-electron chi connectivity index (χ0n) is 14.8. The molecule has 0 unspecified atom stereocenters. The van der Waals surface area contributed by atoms with E-state index in [0.29, 0.717) is 32.1 Å². The number of nitrogens with zero attached hydrogens (tertiary/aromatic N) is 6. The molecule has 1 fully saturated rings. The lowest BCUT2D eigenvalue weighted by molar-refractivity contribution is 0.252. The summed E-state index contributed by atoms with van der Waals surface area (Å²) in [4.78, 5) is 2.24. The topological polar surface area (TPSA) is 74.6 Å². The molecule has 0 aliphatic carbocycles. The predicted octanol–water partition coefficient (Wildman–Crippen LogP) is 0.490. The average Bonchev–Trinajstić information content (AvgIpc) is 2.98. The molecule has 3 rings (SSSR count). The van der Waals surface area contributed by atoms with Gasteiger partial charge in [0.25, 0.3) is 10.2 Å². The Labute approximate surface area is 144 Å². The van der Waals surface area contributed by atoms with E-state index in [-0.39, 0.29) is 0 Å². The van der Waals surface area contributed by atoms with Crippen molar-refractivity contribution in [2.45, 2.75) is 45.7 Å². The maximum absolute atomic E-state index is 12.6. The van der Waals surface area contributed by atoms with E-state index in [4.69, 9.17) is 0 Å². The number of hydrogen-bond acceptors (Lipinski definition) is 5. The van der Waals surface area contributed by atoms with Crippen LogP contribution in [0.2, 0.25) is 0 Å². The molecule has 24 heavy (non-hydrogen) atoms. The smallest absolute Gasteiger partial charge is 0.281 e. The monoisotopic (exact) mass is 356 g/mol. The highest BCUT2D eigenvalue weighted by Crippen LogP contribution is 2.30. The quantitative estimate of drug-likeness (QED) is 0.768. The minimum atomic E-state index is -3.32. The first-order valence-corrected chi connectivity index (χ1v) is 10.2. The summed E-state index contributed by atoms with van der Waals surface area (Å²) in [6.07, 6.45) is 1.63. The number of hydrogen-bond donors (Lipinski definition) is 0. The summed E-state index contributed by atoms with van der Waals surface area (Å²) in [6, 6.07) is 0. The zero-order valence-corrected chi connectivity index (χ0v) is 15.7. The number of piperidine rings is 1. The van der Waals surface area contributed by atoms with Crippen LogP contribution in [0.5, 0.6) is 0 Å². The van der Waals surface area contributed by atoms with E-state index < -0.39 is 10.2 Å². The van der Waals surface area contributed by atoms with E-state index in [1.165, 1.54) is 4.31 Å². The van der Waals surface area contributed by atoms with Crippen molar-refractivity contribution < 1.29 is 8.42 Å². The fourth-order valence-corrected chi connectivity index (χ4v) is 5.31. The lowest BCUT2D eigenvalue weighted by Crippen LogP contribution is -2.47. The van der Waals surface area contributed by atoms with Gasteiger partial charge in [0.15, 0.2) is 0 Å². The first-order valence-electron chi connectivity index (χ1n) is 8.83. The van der Waals surface area contributed by atoms with Gasteiger partial charge in [-0.1, -0.05) is 13.8 Å². The van der Waals surface area contributed by atoms with E-state index in [2.05, 4.69) is 26.7 Å². The molecule has 1 saturated heterocycles. The van der Waals surface area contributed by atoms with Crippen molar-refractivity contribution in [3.63, 3.8) is 0 Å². The van der Waals surface area contributed by atoms with E-state index >= 15 is 0 Å². The molecule has 0 atom stereocenters. The van der Waals surface area contributed by atoms with Crippen LogP contribution in [0, 0.1) is 0 Å². The Morgan fingerprint density at radius 1 is 1.08 bits per heavy atom. The average molecular weight is 356 g/mol. The Morgan fingerprint density at radius 2 is 1.75 bits per heavy atom. The second kappa shape index (κ2) is 7.07. The molecule has 0 radical (unpaired) electrons. The van der Waals surface area contributed by atoms with Crippen LogP contribution in [-0.2, 0) is 23.3 Å². The van der Waals surface area contributed by atoms with Gasteiger partial charge in [-0.2, -0.15) is 17.0 Å². The Kier molecular flexibility index (Phi) is 5.24. The van der Waals surface area contributed by atoms with Crippen molar-refractivity contribution in [2.75, 3.05) is 39.8 Å². The Morgan fingerprint density at radius 3 is 2.38 bits per heavy atom. The van der Waals surface area contributed by atoms with Crippen LogP contribution in [0.15, 0.2) is 0 Å². The summed E-state index contributed by atoms with van der Waals surface area (Å²) in [5.41, 5.74) is 0. The van der Waals surface area contributed by atoms with E-state index in [0.717, 1.165) is 44.1 Å². The van der Waals surface area contributed by atoms with Gasteiger partial charge >= 0.3 is 0 Å². The van der Waals surface area contributed by atoms with Crippen LogP contribution in [0.1, 0.15) is 44.3 Å². The SMILES string of the molecule is CCN(CC)S(=O)(=O)N1CCC(c2nnc3n2CCN(C)C3)CC1. The fourth-order valence-electron chi connectivity index (χ4n) is 3.66. The fraction of sp³-hybridized carbons (Fsp3) is 0.867. The largest absolute Gasteiger partial charge is 0.312 e. The second-order valence-electron chi connectivity index (χ2n) is 6.63. The molecule has 2 aliphatic heterocycles. The van der Waals surface area contributed by atoms with E-state index in [1.54, 1.807) is 4.31 Å². The maximum atomic E-state index is 12.6. The molecule has 0 amide bonds. The van der Waals surface area contributed by atoms with Crippen molar-refractivity contribution in [1.82, 2.24) is 28.3 Å². The molecule has 136 valence electrons. The number of likely N-dealkylation sites (N-methyl/N-ethyl adjacent to an activating group) is 1. The zero-order chi connectivity index (χ0) is 17.3. The third kappa shape index (κ3) is 3.22. The first-order chi connectivity index (χ1) is 11.5. The van der Waals surface area contributed by atoms with Gasteiger partial charge in [0, 0.05) is 45.2 Å². The molecule has 1 aromatic rings. The highest BCUT2D eigenvalue weighted by atomic mass is 32.2. The van der Waals surface area contributed by atoms with Gasteiger partial charge in [-0.15, -0.1) is 10.2 Å². The van der Waals surface area contributed by atoms with Gasteiger partial charge in [-0.25, -0.2) is 0 Å². The van der Waals surface area contributed by atoms with Crippen molar-refractivity contribution in [1.29, 1.82) is 0 Å². The van der Waals surface area contributed by atoms with Crippen molar-refractivity contribution in [2.24, 2.45) is 0 Å². The van der Waals surface area contributed by atoms with Crippen molar-refractivity contribution >= 4 is 10.2 Å². The van der Waals surface area contributed by atoms with E-state index in [9.17, 15) is 8.42 Å². The first kappa shape index (κ1) is 17.8. The van der Waals surface area contributed by atoms with Crippen LogP contribution in [0.3, 0.4) is 0 Å². The van der Waals surface area contributed by atoms with Gasteiger partial charge in [-0.3, -0.25) is 4.90 Å². The van der Waals surface area contributed by atoms with Gasteiger partial charge in [0.2, 0.25) is 0 Å². The van der Waals surface area contributed by atoms with Crippen LogP contribution in [0.25, 0.3) is 0 Å². The van der Waals surface area contributed by atoms with Crippen molar-refractivity contribution in [3.05, 3.63) is 11.6 Å². The van der Waals surface area contributed by atoms with Gasteiger partial charge in [-0.05, 0) is 19.9 Å². The predicted molar refractivity (Wildman–Crippen MR) is 91.7 cm³/mol. The molecule has 0 bridgehead atoms. The minimum Gasteiger partial charge on any atom is -0.312 e. The molecular formula is C15H28N6O2S. The molecule has 1 aromatic heterocycles. The summed E-state index contributed by atoms with van der Waals surface area (Å²) < 4.78 is 30.6. The third-order valence-corrected chi connectivity index (χ3v) is 7.34. The van der Waals surface area contributed by atoms with Crippen LogP contribution < -0.4 is 0 Å². The Bertz CT molecular complexity index is 662. The van der Waals surface area contributed by atoms with E-state index in [1.807, 2.05) is 13.8 Å². The number of aromatic nitrogens is 3. The van der Waals surface area contributed by atoms with Gasteiger partial charge in [0.05, 0.1) is 6.54 Å². The highest BCUT2D eigenvalue weighted by molar-refractivity contribution is 7.86. The summed E-state index contributed by atoms with van der Waals surface area (Å²) in [5, 5.41) is 8.75. The molecule has 2 aliphatic rings. The molecule has 0 saturated carbocycles. The lowest BCUT2D eigenvalue weighted by atomic mass is 9.97. The minimum absolute atomic E-state index is 0.304.